The van der Waals surface area contributed by atoms with Gasteiger partial charge in [0.05, 0.1) is 11.4 Å². The molecule has 1 unspecified atom stereocenters. The Labute approximate surface area is 121 Å². The lowest BCUT2D eigenvalue weighted by Crippen LogP contribution is -2.31. The molecule has 0 bridgehead atoms. The van der Waals surface area contributed by atoms with Gasteiger partial charge in [-0.05, 0) is 33.2 Å². The Kier molecular flexibility index (Phi) is 5.38. The molecule has 0 saturated carbocycles. The normalized spacial score (nSPS) is 13.8. The van der Waals surface area contributed by atoms with Gasteiger partial charge in [-0.25, -0.2) is 12.7 Å². The summed E-state index contributed by atoms with van der Waals surface area (Å²) in [5.74, 6) is 0. The van der Waals surface area contributed by atoms with Gasteiger partial charge in [0.1, 0.15) is 4.90 Å². The van der Waals surface area contributed by atoms with Crippen LogP contribution in [0.4, 0.5) is 11.4 Å². The van der Waals surface area contributed by atoms with Gasteiger partial charge in [0.25, 0.3) is 0 Å². The monoisotopic (exact) mass is 300 g/mol. The predicted octanol–water partition coefficient (Wildman–Crippen LogP) is 0.881. The van der Waals surface area contributed by atoms with E-state index in [4.69, 9.17) is 5.73 Å². The number of hydrogen-bond donors (Lipinski definition) is 2. The van der Waals surface area contributed by atoms with Crippen LogP contribution in [-0.2, 0) is 10.0 Å². The number of nitrogens with zero attached hydrogens (tertiary/aromatic N) is 2. The number of nitrogen functional groups attached to an aromatic ring is 1. The number of sulfonamides is 1. The van der Waals surface area contributed by atoms with Crippen LogP contribution < -0.4 is 11.1 Å². The summed E-state index contributed by atoms with van der Waals surface area (Å²) in [6.07, 6.45) is 0. The third-order valence-corrected chi connectivity index (χ3v) is 5.17. The van der Waals surface area contributed by atoms with Gasteiger partial charge in [-0.15, -0.1) is 0 Å². The van der Waals surface area contributed by atoms with Crippen LogP contribution in [0, 0.1) is 0 Å². The molecule has 1 rings (SSSR count). The lowest BCUT2D eigenvalue weighted by molar-refractivity contribution is 0.326. The molecule has 0 fully saturated rings. The van der Waals surface area contributed by atoms with Crippen molar-refractivity contribution < 1.29 is 8.42 Å². The molecule has 0 aliphatic carbocycles. The van der Waals surface area contributed by atoms with Crippen LogP contribution in [0.1, 0.15) is 6.92 Å². The van der Waals surface area contributed by atoms with Crippen molar-refractivity contribution in [1.82, 2.24) is 9.21 Å². The smallest absolute Gasteiger partial charge is 0.244 e. The van der Waals surface area contributed by atoms with Gasteiger partial charge >= 0.3 is 0 Å². The van der Waals surface area contributed by atoms with E-state index in [1.165, 1.54) is 20.2 Å². The maximum Gasteiger partial charge on any atom is 0.244 e. The molecule has 20 heavy (non-hydrogen) atoms. The summed E-state index contributed by atoms with van der Waals surface area (Å²) in [5.41, 5.74) is 6.88. The topological polar surface area (TPSA) is 78.7 Å². The first-order valence-electron chi connectivity index (χ1n) is 6.39. The Morgan fingerprint density at radius 3 is 2.35 bits per heavy atom. The Bertz CT molecular complexity index is 555. The van der Waals surface area contributed by atoms with Crippen molar-refractivity contribution in [2.24, 2.45) is 0 Å². The van der Waals surface area contributed by atoms with Crippen LogP contribution in [-0.4, -0.2) is 58.4 Å². The average Bonchev–Trinajstić information content (AvgIpc) is 2.36. The third kappa shape index (κ3) is 3.62. The third-order valence-electron chi connectivity index (χ3n) is 3.29. The van der Waals surface area contributed by atoms with Gasteiger partial charge in [-0.3, -0.25) is 0 Å². The number of nitrogens with one attached hydrogen (secondary N) is 1. The number of benzene rings is 1. The first kappa shape index (κ1) is 16.7. The standard InChI is InChI=1S/C13H24N4O2S/c1-10(16(2)3)9-15-11-7-6-8-12(13(11)14)20(18,19)17(4)5/h6-8,10,15H,9,14H2,1-5H3. The van der Waals surface area contributed by atoms with E-state index in [-0.39, 0.29) is 10.6 Å². The molecule has 0 aliphatic rings. The van der Waals surface area contributed by atoms with Crippen LogP contribution in [0.15, 0.2) is 23.1 Å². The SMILES string of the molecule is CC(CNc1cccc(S(=O)(=O)N(C)C)c1N)N(C)C. The van der Waals surface area contributed by atoms with E-state index in [0.29, 0.717) is 18.3 Å². The van der Waals surface area contributed by atoms with Crippen molar-refractivity contribution in [1.29, 1.82) is 0 Å². The zero-order valence-electron chi connectivity index (χ0n) is 12.7. The summed E-state index contributed by atoms with van der Waals surface area (Å²) in [6, 6.07) is 5.30. The Morgan fingerprint density at radius 1 is 1.25 bits per heavy atom. The predicted molar refractivity (Wildman–Crippen MR) is 83.4 cm³/mol. The van der Waals surface area contributed by atoms with Crippen molar-refractivity contribution >= 4 is 21.4 Å². The molecule has 0 spiro atoms. The maximum atomic E-state index is 12.2. The fraction of sp³-hybridized carbons (Fsp3) is 0.538. The van der Waals surface area contributed by atoms with E-state index >= 15 is 0 Å². The Morgan fingerprint density at radius 2 is 1.85 bits per heavy atom. The van der Waals surface area contributed by atoms with E-state index < -0.39 is 10.0 Å². The van der Waals surface area contributed by atoms with Crippen LogP contribution >= 0.6 is 0 Å². The highest BCUT2D eigenvalue weighted by Gasteiger charge is 2.21. The number of anilines is 2. The summed E-state index contributed by atoms with van der Waals surface area (Å²) in [4.78, 5) is 2.20. The molecule has 0 aliphatic heterocycles. The van der Waals surface area contributed by atoms with Crippen molar-refractivity contribution in [3.05, 3.63) is 18.2 Å². The van der Waals surface area contributed by atoms with E-state index in [1.54, 1.807) is 12.1 Å². The molecule has 6 nitrogen and oxygen atoms in total. The molecule has 1 aromatic rings. The van der Waals surface area contributed by atoms with Gasteiger partial charge < -0.3 is 16.0 Å². The number of nitrogens with two attached hydrogens (primary N) is 1. The lowest BCUT2D eigenvalue weighted by Gasteiger charge is -2.22. The summed E-state index contributed by atoms with van der Waals surface area (Å²) in [7, 11) is 3.43. The van der Waals surface area contributed by atoms with Crippen molar-refractivity contribution in [3.63, 3.8) is 0 Å². The molecular weight excluding hydrogens is 276 g/mol. The minimum atomic E-state index is -3.53. The highest BCUT2D eigenvalue weighted by Crippen LogP contribution is 2.28. The fourth-order valence-corrected chi connectivity index (χ4v) is 2.59. The average molecular weight is 300 g/mol. The summed E-state index contributed by atoms with van der Waals surface area (Å²) >= 11 is 0. The number of likely N-dealkylation sites (N-methyl/N-ethyl adjacent to an activating group) is 1. The second-order valence-electron chi connectivity index (χ2n) is 5.20. The summed E-state index contributed by atoms with van der Waals surface area (Å²) in [5, 5.41) is 3.20. The maximum absolute atomic E-state index is 12.2. The second-order valence-corrected chi connectivity index (χ2v) is 7.32. The summed E-state index contributed by atoms with van der Waals surface area (Å²) in [6.45, 7) is 2.76. The van der Waals surface area contributed by atoms with Crippen molar-refractivity contribution in [2.45, 2.75) is 17.9 Å². The van der Waals surface area contributed by atoms with Gasteiger partial charge in [0.2, 0.25) is 10.0 Å². The minimum absolute atomic E-state index is 0.130. The zero-order chi connectivity index (χ0) is 15.5. The van der Waals surface area contributed by atoms with Gasteiger partial charge in [-0.1, -0.05) is 6.07 Å². The quantitative estimate of drug-likeness (QED) is 0.763. The molecule has 1 atom stereocenters. The Hall–Kier alpha value is -1.31. The fourth-order valence-electron chi connectivity index (χ4n) is 1.56. The molecular formula is C13H24N4O2S. The summed E-state index contributed by atoms with van der Waals surface area (Å²) < 4.78 is 25.5. The highest BCUT2D eigenvalue weighted by molar-refractivity contribution is 7.89. The van der Waals surface area contributed by atoms with E-state index in [2.05, 4.69) is 17.1 Å². The lowest BCUT2D eigenvalue weighted by atomic mass is 10.2. The number of hydrogen-bond acceptors (Lipinski definition) is 5. The van der Waals surface area contributed by atoms with E-state index in [0.717, 1.165) is 4.31 Å². The van der Waals surface area contributed by atoms with Crippen LogP contribution in [0.5, 0.6) is 0 Å². The van der Waals surface area contributed by atoms with Crippen LogP contribution in [0.2, 0.25) is 0 Å². The minimum Gasteiger partial charge on any atom is -0.396 e. The van der Waals surface area contributed by atoms with Crippen molar-refractivity contribution in [2.75, 3.05) is 45.8 Å². The molecule has 3 N–H and O–H groups in total. The largest absolute Gasteiger partial charge is 0.396 e. The first-order valence-corrected chi connectivity index (χ1v) is 7.83. The second kappa shape index (κ2) is 6.43. The molecule has 0 saturated heterocycles. The van der Waals surface area contributed by atoms with Gasteiger partial charge in [0, 0.05) is 26.7 Å². The molecule has 1 aromatic carbocycles. The molecule has 7 heteroatoms. The van der Waals surface area contributed by atoms with Gasteiger partial charge in [-0.2, -0.15) is 0 Å². The number of para-hydroxylation sites is 1. The van der Waals surface area contributed by atoms with E-state index in [1.807, 2.05) is 14.1 Å². The first-order chi connectivity index (χ1) is 9.17. The molecule has 0 heterocycles. The number of rotatable bonds is 6. The van der Waals surface area contributed by atoms with Crippen LogP contribution in [0.25, 0.3) is 0 Å². The van der Waals surface area contributed by atoms with Crippen LogP contribution in [0.3, 0.4) is 0 Å². The highest BCUT2D eigenvalue weighted by atomic mass is 32.2. The van der Waals surface area contributed by atoms with Crippen molar-refractivity contribution in [3.8, 4) is 0 Å². The molecule has 0 aromatic heterocycles. The molecule has 114 valence electrons. The zero-order valence-corrected chi connectivity index (χ0v) is 13.5. The Balaban J connectivity index is 3.03. The van der Waals surface area contributed by atoms with Gasteiger partial charge in [0.15, 0.2) is 0 Å². The van der Waals surface area contributed by atoms with E-state index in [9.17, 15) is 8.42 Å². The molecule has 0 radical (unpaired) electrons. The molecule has 0 amide bonds.